The van der Waals surface area contributed by atoms with Crippen LogP contribution in [0.4, 0.5) is 5.82 Å². The van der Waals surface area contributed by atoms with E-state index in [4.69, 9.17) is 4.74 Å². The fourth-order valence-electron chi connectivity index (χ4n) is 2.64. The summed E-state index contributed by atoms with van der Waals surface area (Å²) in [5.74, 6) is 1.43. The molecule has 0 bridgehead atoms. The van der Waals surface area contributed by atoms with E-state index in [1.165, 1.54) is 16.4 Å². The molecule has 0 aliphatic carbocycles. The van der Waals surface area contributed by atoms with Gasteiger partial charge in [-0.2, -0.15) is 15.0 Å². The molecule has 0 atom stereocenters. The summed E-state index contributed by atoms with van der Waals surface area (Å²) < 4.78 is 7.12. The number of carbonyl (C=O) groups excluding carboxylic acids is 1. The van der Waals surface area contributed by atoms with E-state index in [0.717, 1.165) is 12.2 Å². The molecule has 7 heteroatoms. The van der Waals surface area contributed by atoms with Crippen LogP contribution in [0, 0.1) is 11.3 Å². The Morgan fingerprint density at radius 3 is 2.75 bits per heavy atom. The minimum atomic E-state index is -0.209. The summed E-state index contributed by atoms with van der Waals surface area (Å²) >= 11 is 0. The van der Waals surface area contributed by atoms with Crippen molar-refractivity contribution in [3.63, 3.8) is 0 Å². The van der Waals surface area contributed by atoms with Crippen LogP contribution in [0.5, 0.6) is 5.75 Å². The Morgan fingerprint density at radius 2 is 2.07 bits per heavy atom. The van der Waals surface area contributed by atoms with Gasteiger partial charge < -0.3 is 10.1 Å². The van der Waals surface area contributed by atoms with Gasteiger partial charge in [-0.3, -0.25) is 4.79 Å². The van der Waals surface area contributed by atoms with Gasteiger partial charge in [-0.05, 0) is 42.7 Å². The highest BCUT2D eigenvalue weighted by Gasteiger charge is 2.15. The molecular formula is C21H21N5O2. The van der Waals surface area contributed by atoms with Crippen molar-refractivity contribution in [3.05, 3.63) is 66.0 Å². The summed E-state index contributed by atoms with van der Waals surface area (Å²) in [6.45, 7) is 2.54. The summed E-state index contributed by atoms with van der Waals surface area (Å²) in [7, 11) is 0. The largest absolute Gasteiger partial charge is 0.494 e. The predicted molar refractivity (Wildman–Crippen MR) is 105 cm³/mol. The van der Waals surface area contributed by atoms with Gasteiger partial charge in [0.1, 0.15) is 17.4 Å². The van der Waals surface area contributed by atoms with Crippen LogP contribution in [0.2, 0.25) is 0 Å². The lowest BCUT2D eigenvalue weighted by Crippen LogP contribution is -2.17. The lowest BCUT2D eigenvalue weighted by Gasteiger charge is -2.09. The number of ether oxygens (including phenoxy) is 1. The highest BCUT2D eigenvalue weighted by molar-refractivity contribution is 5.91. The van der Waals surface area contributed by atoms with Crippen LogP contribution in [0.3, 0.4) is 0 Å². The van der Waals surface area contributed by atoms with Gasteiger partial charge in [-0.15, -0.1) is 0 Å². The molecule has 0 saturated heterocycles. The summed E-state index contributed by atoms with van der Waals surface area (Å²) in [4.78, 5) is 16.5. The van der Waals surface area contributed by atoms with E-state index in [-0.39, 0.29) is 17.9 Å². The molecule has 0 unspecified atom stereocenters. The molecule has 0 aliphatic heterocycles. The number of hydrogen-bond donors (Lipinski definition) is 1. The topological polar surface area (TPSA) is 92.8 Å². The van der Waals surface area contributed by atoms with Crippen molar-refractivity contribution in [1.29, 1.82) is 5.26 Å². The number of anilines is 1. The standard InChI is InChI=1S/C21H21N5O2/c1-2-16-8-10-18(11-9-16)28-13-5-7-20(27)25-21-17(14-22)15-24-26(21)19-6-3-4-12-23-19/h3-4,6,8-12,15H,2,5,7,13H2,1H3,(H,25,27). The van der Waals surface area contributed by atoms with Crippen molar-refractivity contribution in [2.45, 2.75) is 26.2 Å². The van der Waals surface area contributed by atoms with Crippen molar-refractivity contribution < 1.29 is 9.53 Å². The van der Waals surface area contributed by atoms with Crippen LogP contribution in [-0.4, -0.2) is 27.3 Å². The molecule has 1 amide bonds. The first-order valence-electron chi connectivity index (χ1n) is 9.12. The second kappa shape index (κ2) is 9.33. The van der Waals surface area contributed by atoms with E-state index in [9.17, 15) is 10.1 Å². The molecule has 3 rings (SSSR count). The van der Waals surface area contributed by atoms with Crippen LogP contribution >= 0.6 is 0 Å². The Hall–Kier alpha value is -3.66. The maximum absolute atomic E-state index is 12.3. The highest BCUT2D eigenvalue weighted by Crippen LogP contribution is 2.19. The molecule has 142 valence electrons. The molecule has 28 heavy (non-hydrogen) atoms. The molecular weight excluding hydrogens is 354 g/mol. The van der Waals surface area contributed by atoms with E-state index in [1.807, 2.05) is 36.4 Å². The van der Waals surface area contributed by atoms with Crippen molar-refractivity contribution in [2.24, 2.45) is 0 Å². The molecule has 1 N–H and O–H groups in total. The number of nitrogens with zero attached hydrogens (tertiary/aromatic N) is 4. The molecule has 0 spiro atoms. The van der Waals surface area contributed by atoms with Crippen molar-refractivity contribution in [1.82, 2.24) is 14.8 Å². The fourth-order valence-corrected chi connectivity index (χ4v) is 2.64. The van der Waals surface area contributed by atoms with Crippen molar-refractivity contribution in [3.8, 4) is 17.6 Å². The molecule has 2 heterocycles. The van der Waals surface area contributed by atoms with Gasteiger partial charge in [-0.1, -0.05) is 25.1 Å². The number of benzene rings is 1. The zero-order chi connectivity index (χ0) is 19.8. The molecule has 1 aromatic carbocycles. The quantitative estimate of drug-likeness (QED) is 0.608. The third-order valence-electron chi connectivity index (χ3n) is 4.16. The van der Waals surface area contributed by atoms with Crippen LogP contribution in [0.25, 0.3) is 5.82 Å². The van der Waals surface area contributed by atoms with E-state index < -0.39 is 0 Å². The summed E-state index contributed by atoms with van der Waals surface area (Å²) in [5, 5.41) is 16.2. The first-order valence-corrected chi connectivity index (χ1v) is 9.12. The molecule has 0 radical (unpaired) electrons. The van der Waals surface area contributed by atoms with E-state index in [2.05, 4.69) is 22.3 Å². The number of nitrogens with one attached hydrogen (secondary N) is 1. The number of aryl methyl sites for hydroxylation is 1. The van der Waals surface area contributed by atoms with Gasteiger partial charge in [-0.25, -0.2) is 4.98 Å². The van der Waals surface area contributed by atoms with Crippen LogP contribution in [0.15, 0.2) is 54.9 Å². The maximum Gasteiger partial charge on any atom is 0.225 e. The van der Waals surface area contributed by atoms with Gasteiger partial charge >= 0.3 is 0 Å². The van der Waals surface area contributed by atoms with E-state index >= 15 is 0 Å². The zero-order valence-electron chi connectivity index (χ0n) is 15.6. The first-order chi connectivity index (χ1) is 13.7. The number of rotatable bonds is 8. The minimum absolute atomic E-state index is 0.209. The van der Waals surface area contributed by atoms with Gasteiger partial charge in [0, 0.05) is 12.6 Å². The summed E-state index contributed by atoms with van der Waals surface area (Å²) in [6.07, 6.45) is 4.85. The van der Waals surface area contributed by atoms with Gasteiger partial charge in [0.25, 0.3) is 0 Å². The minimum Gasteiger partial charge on any atom is -0.494 e. The smallest absolute Gasteiger partial charge is 0.225 e. The Bertz CT molecular complexity index is 959. The normalized spacial score (nSPS) is 10.3. The Morgan fingerprint density at radius 1 is 1.25 bits per heavy atom. The van der Waals surface area contributed by atoms with Gasteiger partial charge in [0.15, 0.2) is 11.6 Å². The molecule has 7 nitrogen and oxygen atoms in total. The monoisotopic (exact) mass is 375 g/mol. The van der Waals surface area contributed by atoms with Crippen LogP contribution in [-0.2, 0) is 11.2 Å². The third kappa shape index (κ3) is 4.74. The number of nitriles is 1. The predicted octanol–water partition coefficient (Wildman–Crippen LogP) is 3.50. The third-order valence-corrected chi connectivity index (χ3v) is 4.16. The number of carbonyl (C=O) groups is 1. The van der Waals surface area contributed by atoms with Gasteiger partial charge in [0.2, 0.25) is 5.91 Å². The van der Waals surface area contributed by atoms with Crippen molar-refractivity contribution >= 4 is 11.7 Å². The Kier molecular flexibility index (Phi) is 6.37. The highest BCUT2D eigenvalue weighted by atomic mass is 16.5. The maximum atomic E-state index is 12.3. The molecule has 2 aromatic heterocycles. The number of aromatic nitrogens is 3. The molecule has 0 saturated carbocycles. The number of pyridine rings is 1. The molecule has 0 fully saturated rings. The first kappa shape index (κ1) is 19.1. The average Bonchev–Trinajstić information content (AvgIpc) is 3.14. The van der Waals surface area contributed by atoms with Crippen molar-refractivity contribution in [2.75, 3.05) is 11.9 Å². The van der Waals surface area contributed by atoms with E-state index in [1.54, 1.807) is 18.3 Å². The van der Waals surface area contributed by atoms with Gasteiger partial charge in [0.05, 0.1) is 12.8 Å². The lowest BCUT2D eigenvalue weighted by molar-refractivity contribution is -0.116. The molecule has 3 aromatic rings. The van der Waals surface area contributed by atoms with E-state index in [0.29, 0.717) is 24.7 Å². The second-order valence-electron chi connectivity index (χ2n) is 6.12. The summed E-state index contributed by atoms with van der Waals surface area (Å²) in [6, 6.07) is 15.3. The Labute approximate surface area is 163 Å². The summed E-state index contributed by atoms with van der Waals surface area (Å²) in [5.41, 5.74) is 1.54. The molecule has 0 aliphatic rings. The zero-order valence-corrected chi connectivity index (χ0v) is 15.6. The number of hydrogen-bond acceptors (Lipinski definition) is 5. The second-order valence-corrected chi connectivity index (χ2v) is 6.12. The fraction of sp³-hybridized carbons (Fsp3) is 0.238. The SMILES string of the molecule is CCc1ccc(OCCCC(=O)Nc2c(C#N)cnn2-c2ccccn2)cc1. The Balaban J connectivity index is 1.55. The number of amides is 1. The average molecular weight is 375 g/mol. The van der Waals surface area contributed by atoms with Crippen LogP contribution < -0.4 is 10.1 Å². The lowest BCUT2D eigenvalue weighted by atomic mass is 10.2. The van der Waals surface area contributed by atoms with Crippen LogP contribution in [0.1, 0.15) is 30.9 Å².